The molecule has 0 spiro atoms. The Labute approximate surface area is 143 Å². The van der Waals surface area contributed by atoms with Crippen molar-refractivity contribution in [3.8, 4) is 0 Å². The summed E-state index contributed by atoms with van der Waals surface area (Å²) < 4.78 is 31.0. The van der Waals surface area contributed by atoms with Crippen LogP contribution in [0.4, 0.5) is 0 Å². The van der Waals surface area contributed by atoms with E-state index in [4.69, 9.17) is 51.0 Å². The Morgan fingerprint density at radius 1 is 1.06 bits per heavy atom. The summed E-state index contributed by atoms with van der Waals surface area (Å²) in [5.41, 5.74) is 0.436. The summed E-state index contributed by atoms with van der Waals surface area (Å²) in [5, 5.41) is -0.691. The third kappa shape index (κ3) is 3.65. The molecule has 1 rings (SSSR count). The van der Waals surface area contributed by atoms with Crippen molar-refractivity contribution in [2.45, 2.75) is 18.2 Å². The van der Waals surface area contributed by atoms with Gasteiger partial charge in [0.2, 0.25) is 0 Å². The molecule has 0 radical (unpaired) electrons. The van der Waals surface area contributed by atoms with E-state index in [1.165, 1.54) is 0 Å². The van der Waals surface area contributed by atoms with Gasteiger partial charge in [-0.15, -0.1) is 0 Å². The van der Waals surface area contributed by atoms with Crippen LogP contribution in [0.1, 0.15) is 13.9 Å². The fraction of sp³-hybridized carbons (Fsp3) is 0.250. The van der Waals surface area contributed by atoms with Gasteiger partial charge in [0, 0.05) is 0 Å². The molecule has 0 atom stereocenters. The first kappa shape index (κ1) is 18.3. The van der Waals surface area contributed by atoms with Crippen LogP contribution >= 0.6 is 46.4 Å². The van der Waals surface area contributed by atoms with Crippen molar-refractivity contribution in [3.63, 3.8) is 0 Å². The minimum Gasteiger partial charge on any atom is -1.00 e. The summed E-state index contributed by atoms with van der Waals surface area (Å²) in [4.78, 5) is -0.664. The standard InChI is InChI=1S/C8H6Cl4O3S.Na.H/c1-2-3-4(9)6(11)8(16(13,14)15)7(12)5(3)10;;/h2H2,1H3,(H,13,14,15);;/q;+1;-1. The topological polar surface area (TPSA) is 54.4 Å². The van der Waals surface area contributed by atoms with Gasteiger partial charge in [-0.05, 0) is 12.0 Å². The van der Waals surface area contributed by atoms with Crippen LogP contribution in [-0.4, -0.2) is 13.0 Å². The van der Waals surface area contributed by atoms with Crippen molar-refractivity contribution in [2.75, 3.05) is 0 Å². The van der Waals surface area contributed by atoms with Crippen molar-refractivity contribution in [3.05, 3.63) is 25.7 Å². The first-order valence-corrected chi connectivity index (χ1v) is 6.99. The van der Waals surface area contributed by atoms with Gasteiger partial charge >= 0.3 is 29.6 Å². The second-order valence-electron chi connectivity index (χ2n) is 2.89. The maximum Gasteiger partial charge on any atom is 1.00 e. The third-order valence-corrected chi connectivity index (χ3v) is 4.86. The van der Waals surface area contributed by atoms with Gasteiger partial charge in [0.15, 0.2) is 0 Å². The zero-order valence-electron chi connectivity index (χ0n) is 9.89. The van der Waals surface area contributed by atoms with E-state index < -0.39 is 15.0 Å². The molecule has 0 aliphatic rings. The summed E-state index contributed by atoms with van der Waals surface area (Å²) in [6.07, 6.45) is 0.433. The first-order chi connectivity index (χ1) is 7.21. The van der Waals surface area contributed by atoms with Gasteiger partial charge in [0.1, 0.15) is 4.90 Å². The second kappa shape index (κ2) is 6.64. The molecule has 9 heteroatoms. The van der Waals surface area contributed by atoms with Crippen LogP contribution in [-0.2, 0) is 16.5 Å². The normalized spacial score (nSPS) is 11.2. The van der Waals surface area contributed by atoms with Gasteiger partial charge in [-0.3, -0.25) is 4.55 Å². The molecule has 1 aromatic carbocycles. The summed E-state index contributed by atoms with van der Waals surface area (Å²) >= 11 is 23.1. The average Bonchev–Trinajstić information content (AvgIpc) is 2.14. The Morgan fingerprint density at radius 2 is 1.41 bits per heavy atom. The molecular weight excluding hydrogens is 341 g/mol. The summed E-state index contributed by atoms with van der Waals surface area (Å²) in [5.74, 6) is 0. The fourth-order valence-corrected chi connectivity index (χ4v) is 3.71. The number of hydrogen-bond acceptors (Lipinski definition) is 2. The van der Waals surface area contributed by atoms with E-state index in [1.807, 2.05) is 0 Å². The molecule has 0 unspecified atom stereocenters. The zero-order valence-corrected chi connectivity index (χ0v) is 14.7. The Hall–Kier alpha value is 1.29. The Bertz CT molecular complexity index is 521. The third-order valence-electron chi connectivity index (χ3n) is 1.93. The Balaban J connectivity index is 0. The number of rotatable bonds is 2. The molecule has 1 aromatic rings. The van der Waals surface area contributed by atoms with Crippen molar-refractivity contribution in [1.82, 2.24) is 0 Å². The molecule has 3 nitrogen and oxygen atoms in total. The fourth-order valence-electron chi connectivity index (χ4n) is 1.19. The maximum atomic E-state index is 11.0. The summed E-state index contributed by atoms with van der Waals surface area (Å²) in [6, 6.07) is 0. The molecule has 0 saturated heterocycles. The minimum atomic E-state index is -4.57. The van der Waals surface area contributed by atoms with Crippen LogP contribution in [0.2, 0.25) is 20.1 Å². The van der Waals surface area contributed by atoms with Gasteiger partial charge in [-0.2, -0.15) is 8.42 Å². The van der Waals surface area contributed by atoms with Crippen molar-refractivity contribution >= 4 is 56.5 Å². The van der Waals surface area contributed by atoms with Crippen LogP contribution in [0.5, 0.6) is 0 Å². The van der Waals surface area contributed by atoms with E-state index in [0.717, 1.165) is 0 Å². The van der Waals surface area contributed by atoms with Crippen LogP contribution in [0.15, 0.2) is 4.90 Å². The first-order valence-electron chi connectivity index (χ1n) is 4.04. The van der Waals surface area contributed by atoms with Gasteiger partial charge in [0.25, 0.3) is 10.1 Å². The van der Waals surface area contributed by atoms with Gasteiger partial charge in [0.05, 0.1) is 20.1 Å². The molecule has 0 amide bonds. The van der Waals surface area contributed by atoms with Crippen molar-refractivity contribution in [1.29, 1.82) is 0 Å². The smallest absolute Gasteiger partial charge is 1.00 e. The van der Waals surface area contributed by atoms with E-state index in [1.54, 1.807) is 6.92 Å². The molecule has 17 heavy (non-hydrogen) atoms. The Morgan fingerprint density at radius 3 is 1.65 bits per heavy atom. The SMILES string of the molecule is CCc1c(Cl)c(Cl)c(S(=O)(=O)O)c(Cl)c1Cl.[H-].[Na+]. The molecule has 0 fully saturated rings. The van der Waals surface area contributed by atoms with E-state index in [-0.39, 0.29) is 51.1 Å². The van der Waals surface area contributed by atoms with Crippen LogP contribution < -0.4 is 29.6 Å². The largest absolute Gasteiger partial charge is 1.00 e. The molecule has 0 aromatic heterocycles. The molecule has 0 saturated carbocycles. The van der Waals surface area contributed by atoms with Gasteiger partial charge in [-0.1, -0.05) is 53.3 Å². The van der Waals surface area contributed by atoms with Crippen LogP contribution in [0.3, 0.4) is 0 Å². The average molecular weight is 348 g/mol. The van der Waals surface area contributed by atoms with E-state index in [9.17, 15) is 8.42 Å². The van der Waals surface area contributed by atoms with Crippen LogP contribution in [0, 0.1) is 0 Å². The number of halogens is 4. The molecule has 0 aliphatic carbocycles. The molecule has 1 N–H and O–H groups in total. The van der Waals surface area contributed by atoms with Crippen LogP contribution in [0.25, 0.3) is 0 Å². The predicted octanol–water partition coefficient (Wildman–Crippen LogP) is 1.23. The molecule has 92 valence electrons. The molecule has 0 heterocycles. The maximum absolute atomic E-state index is 11.0. The quantitative estimate of drug-likeness (QED) is 0.497. The Kier molecular flexibility index (Phi) is 7.14. The monoisotopic (exact) mass is 346 g/mol. The van der Waals surface area contributed by atoms with Gasteiger partial charge < -0.3 is 1.43 Å². The van der Waals surface area contributed by atoms with E-state index >= 15 is 0 Å². The second-order valence-corrected chi connectivity index (χ2v) is 5.76. The van der Waals surface area contributed by atoms with E-state index in [2.05, 4.69) is 0 Å². The molecular formula is C8H7Cl4NaO3S. The summed E-state index contributed by atoms with van der Waals surface area (Å²) in [6.45, 7) is 1.76. The number of benzene rings is 1. The minimum absolute atomic E-state index is 0. The molecule has 0 bridgehead atoms. The van der Waals surface area contributed by atoms with E-state index in [0.29, 0.717) is 12.0 Å². The molecule has 0 aliphatic heterocycles. The van der Waals surface area contributed by atoms with Crippen molar-refractivity contribution < 1.29 is 44.0 Å². The predicted molar refractivity (Wildman–Crippen MR) is 66.8 cm³/mol. The summed E-state index contributed by atoms with van der Waals surface area (Å²) in [7, 11) is -4.57. The van der Waals surface area contributed by atoms with Crippen molar-refractivity contribution in [2.24, 2.45) is 0 Å². The number of hydrogen-bond donors (Lipinski definition) is 1. The zero-order chi connectivity index (χ0) is 12.7. The van der Waals surface area contributed by atoms with Gasteiger partial charge in [-0.25, -0.2) is 0 Å².